The van der Waals surface area contributed by atoms with Crippen LogP contribution in [0.15, 0.2) is 30.3 Å². The van der Waals surface area contributed by atoms with E-state index in [0.717, 1.165) is 48.6 Å². The summed E-state index contributed by atoms with van der Waals surface area (Å²) in [7, 11) is -3.13. The van der Waals surface area contributed by atoms with E-state index in [1.165, 1.54) is 0 Å². The van der Waals surface area contributed by atoms with Gasteiger partial charge in [-0.15, -0.1) is 0 Å². The third kappa shape index (κ3) is 3.98. The first-order valence-corrected chi connectivity index (χ1v) is 12.1. The number of carbonyl (C=O) groups is 1. The van der Waals surface area contributed by atoms with Gasteiger partial charge in [0.1, 0.15) is 0 Å². The summed E-state index contributed by atoms with van der Waals surface area (Å²) in [4.78, 5) is 15.3. The minimum absolute atomic E-state index is 0.0243. The molecule has 2 aromatic rings. The first-order valence-electron chi connectivity index (χ1n) is 10.3. The molecule has 0 saturated carbocycles. The summed E-state index contributed by atoms with van der Waals surface area (Å²) in [5, 5.41) is 3.05. The zero-order chi connectivity index (χ0) is 20.8. The molecular formula is C22H29N3O3S. The highest BCUT2D eigenvalue weighted by Crippen LogP contribution is 2.25. The zero-order valence-corrected chi connectivity index (χ0v) is 18.1. The number of amides is 1. The van der Waals surface area contributed by atoms with E-state index in [2.05, 4.69) is 20.9 Å². The lowest BCUT2D eigenvalue weighted by Gasteiger charge is -2.28. The van der Waals surface area contributed by atoms with Crippen molar-refractivity contribution in [2.75, 3.05) is 24.6 Å². The summed E-state index contributed by atoms with van der Waals surface area (Å²) in [6, 6.07) is 9.59. The van der Waals surface area contributed by atoms with E-state index in [1.807, 2.05) is 45.0 Å². The number of aromatic nitrogens is 1. The lowest BCUT2D eigenvalue weighted by Crippen LogP contribution is -2.50. The van der Waals surface area contributed by atoms with Crippen LogP contribution in [0.2, 0.25) is 0 Å². The predicted octanol–water partition coefficient (Wildman–Crippen LogP) is 2.39. The Balaban J connectivity index is 1.59. The fraction of sp³-hybridized carbons (Fsp3) is 0.500. The van der Waals surface area contributed by atoms with Gasteiger partial charge in [0.2, 0.25) is 0 Å². The van der Waals surface area contributed by atoms with Crippen molar-refractivity contribution < 1.29 is 13.2 Å². The molecule has 2 atom stereocenters. The molecular weight excluding hydrogens is 386 g/mol. The Hall–Kier alpha value is -2.12. The molecule has 29 heavy (non-hydrogen) atoms. The number of rotatable bonds is 4. The highest BCUT2D eigenvalue weighted by Gasteiger charge is 2.42. The predicted molar refractivity (Wildman–Crippen MR) is 114 cm³/mol. The van der Waals surface area contributed by atoms with Gasteiger partial charge in [0.25, 0.3) is 5.91 Å². The fourth-order valence-electron chi connectivity index (χ4n) is 4.80. The second-order valence-electron chi connectivity index (χ2n) is 8.43. The van der Waals surface area contributed by atoms with Crippen LogP contribution in [0, 0.1) is 20.8 Å². The molecule has 7 heteroatoms. The number of carbonyl (C=O) groups excluding carboxylic acids is 1. The molecule has 2 aliphatic heterocycles. The van der Waals surface area contributed by atoms with Crippen LogP contribution in [0.4, 0.5) is 0 Å². The van der Waals surface area contributed by atoms with Crippen molar-refractivity contribution in [3.63, 3.8) is 0 Å². The average Bonchev–Trinajstić information content (AvgIpc) is 3.33. The van der Waals surface area contributed by atoms with Gasteiger partial charge in [-0.05, 0) is 70.5 Å². The largest absolute Gasteiger partial charge is 0.347 e. The maximum Gasteiger partial charge on any atom is 0.253 e. The molecule has 0 radical (unpaired) electrons. The van der Waals surface area contributed by atoms with E-state index >= 15 is 0 Å². The van der Waals surface area contributed by atoms with Crippen molar-refractivity contribution in [1.82, 2.24) is 14.8 Å². The van der Waals surface area contributed by atoms with Gasteiger partial charge < -0.3 is 9.88 Å². The van der Waals surface area contributed by atoms with Crippen molar-refractivity contribution in [2.24, 2.45) is 0 Å². The molecule has 0 bridgehead atoms. The monoisotopic (exact) mass is 415 g/mol. The van der Waals surface area contributed by atoms with Crippen LogP contribution in [0.1, 0.15) is 40.2 Å². The molecule has 1 aromatic carbocycles. The maximum absolute atomic E-state index is 13.1. The number of hydrogen-bond acceptors (Lipinski definition) is 4. The van der Waals surface area contributed by atoms with Crippen molar-refractivity contribution in [2.45, 2.75) is 45.7 Å². The smallest absolute Gasteiger partial charge is 0.253 e. The average molecular weight is 416 g/mol. The third-order valence-electron chi connectivity index (χ3n) is 6.18. The van der Waals surface area contributed by atoms with E-state index in [-0.39, 0.29) is 29.5 Å². The van der Waals surface area contributed by atoms with Crippen LogP contribution < -0.4 is 5.32 Å². The van der Waals surface area contributed by atoms with Crippen LogP contribution in [-0.4, -0.2) is 60.5 Å². The number of nitrogens with zero attached hydrogens (tertiary/aromatic N) is 2. The summed E-state index contributed by atoms with van der Waals surface area (Å²) in [6.45, 7) is 7.79. The molecule has 1 N–H and O–H groups in total. The van der Waals surface area contributed by atoms with E-state index in [1.54, 1.807) is 0 Å². The zero-order valence-electron chi connectivity index (χ0n) is 17.3. The third-order valence-corrected chi connectivity index (χ3v) is 7.90. The Kier molecular flexibility index (Phi) is 5.29. The summed E-state index contributed by atoms with van der Waals surface area (Å²) in [6.07, 6.45) is 2.18. The number of likely N-dealkylation sites (tertiary alicyclic amines) is 1. The first-order chi connectivity index (χ1) is 13.7. The number of benzene rings is 1. The lowest BCUT2D eigenvalue weighted by atomic mass is 10.1. The van der Waals surface area contributed by atoms with Gasteiger partial charge in [0.15, 0.2) is 9.84 Å². The van der Waals surface area contributed by atoms with Gasteiger partial charge in [-0.2, -0.15) is 0 Å². The quantitative estimate of drug-likeness (QED) is 0.832. The van der Waals surface area contributed by atoms with E-state index in [4.69, 9.17) is 0 Å². The molecule has 3 heterocycles. The summed E-state index contributed by atoms with van der Waals surface area (Å²) in [5.74, 6) is -0.0279. The Bertz CT molecular complexity index is 1040. The fourth-order valence-corrected chi connectivity index (χ4v) is 6.76. The molecule has 1 amide bonds. The van der Waals surface area contributed by atoms with Gasteiger partial charge >= 0.3 is 0 Å². The SMILES string of the molecule is Cc1cccc(-n2c(C)cc(C(=O)NC3CS(=O)(=O)CC3N3CCCC3)c2C)c1. The van der Waals surface area contributed by atoms with Gasteiger partial charge in [0.05, 0.1) is 23.1 Å². The maximum atomic E-state index is 13.1. The van der Waals surface area contributed by atoms with Crippen LogP contribution in [0.5, 0.6) is 0 Å². The van der Waals surface area contributed by atoms with Crippen LogP contribution in [-0.2, 0) is 9.84 Å². The molecule has 2 unspecified atom stereocenters. The molecule has 156 valence electrons. The van der Waals surface area contributed by atoms with Crippen LogP contribution in [0.3, 0.4) is 0 Å². The molecule has 1 aromatic heterocycles. The Morgan fingerprint density at radius 3 is 2.48 bits per heavy atom. The van der Waals surface area contributed by atoms with Crippen LogP contribution in [0.25, 0.3) is 5.69 Å². The molecule has 2 fully saturated rings. The van der Waals surface area contributed by atoms with Gasteiger partial charge in [-0.25, -0.2) is 8.42 Å². The van der Waals surface area contributed by atoms with Crippen LogP contribution >= 0.6 is 0 Å². The van der Waals surface area contributed by atoms with Gasteiger partial charge in [-0.3, -0.25) is 9.69 Å². The molecule has 0 aliphatic carbocycles. The van der Waals surface area contributed by atoms with Crippen molar-refractivity contribution in [1.29, 1.82) is 0 Å². The van der Waals surface area contributed by atoms with E-state index in [0.29, 0.717) is 5.56 Å². The molecule has 4 rings (SSSR count). The molecule has 0 spiro atoms. The number of aryl methyl sites for hydroxylation is 2. The summed E-state index contributed by atoms with van der Waals surface area (Å²) >= 11 is 0. The Morgan fingerprint density at radius 1 is 1.07 bits per heavy atom. The highest BCUT2D eigenvalue weighted by molar-refractivity contribution is 7.91. The Morgan fingerprint density at radius 2 is 1.79 bits per heavy atom. The first kappa shape index (κ1) is 20.2. The van der Waals surface area contributed by atoms with Gasteiger partial charge in [0, 0.05) is 23.1 Å². The summed E-state index contributed by atoms with van der Waals surface area (Å²) in [5.41, 5.74) is 4.63. The lowest BCUT2D eigenvalue weighted by molar-refractivity contribution is 0.0918. The van der Waals surface area contributed by atoms with E-state index in [9.17, 15) is 13.2 Å². The molecule has 2 aliphatic rings. The topological polar surface area (TPSA) is 71.4 Å². The van der Waals surface area contributed by atoms with Gasteiger partial charge in [-0.1, -0.05) is 12.1 Å². The summed E-state index contributed by atoms with van der Waals surface area (Å²) < 4.78 is 26.6. The second-order valence-corrected chi connectivity index (χ2v) is 10.6. The van der Waals surface area contributed by atoms with Crippen molar-refractivity contribution in [3.8, 4) is 5.69 Å². The molecule has 2 saturated heterocycles. The number of hydrogen-bond donors (Lipinski definition) is 1. The van der Waals surface area contributed by atoms with Crippen molar-refractivity contribution in [3.05, 3.63) is 52.8 Å². The second kappa shape index (κ2) is 7.61. The number of nitrogens with one attached hydrogen (secondary N) is 1. The number of sulfone groups is 1. The molecule has 6 nitrogen and oxygen atoms in total. The standard InChI is InChI=1S/C22H29N3O3S/c1-15-7-6-8-18(11-15)25-16(2)12-19(17(25)3)22(26)23-20-13-29(27,28)14-21(20)24-9-4-5-10-24/h6-8,11-12,20-21H,4-5,9-10,13-14H2,1-3H3,(H,23,26). The van der Waals surface area contributed by atoms with Crippen molar-refractivity contribution >= 4 is 15.7 Å². The minimum atomic E-state index is -3.13. The van der Waals surface area contributed by atoms with E-state index < -0.39 is 9.84 Å². The normalized spacial score (nSPS) is 24.1. The minimum Gasteiger partial charge on any atom is -0.347 e. The Labute approximate surface area is 172 Å². The highest BCUT2D eigenvalue weighted by atomic mass is 32.2.